The van der Waals surface area contributed by atoms with E-state index in [9.17, 15) is 4.79 Å². The molecule has 216 valence electrons. The Bertz CT molecular complexity index is 1830. The normalized spacial score (nSPS) is 14.6. The first-order valence-electron chi connectivity index (χ1n) is 14.9. The first-order chi connectivity index (χ1) is 20.7. The lowest BCUT2D eigenvalue weighted by molar-refractivity contribution is 0.121. The smallest absolute Gasteiger partial charge is 0.200 e. The van der Waals surface area contributed by atoms with Crippen LogP contribution in [0.4, 0.5) is 5.88 Å². The summed E-state index contributed by atoms with van der Waals surface area (Å²) in [6.07, 6.45) is 9.69. The van der Waals surface area contributed by atoms with Crippen LogP contribution >= 0.6 is 11.3 Å². The fourth-order valence-corrected chi connectivity index (χ4v) is 6.90. The summed E-state index contributed by atoms with van der Waals surface area (Å²) in [4.78, 5) is 19.9. The fraction of sp³-hybridized carbons (Fsp3) is 0.314. The second-order valence-electron chi connectivity index (χ2n) is 10.8. The lowest BCUT2D eigenvalue weighted by atomic mass is 9.99. The zero-order chi connectivity index (χ0) is 28.9. The van der Waals surface area contributed by atoms with Crippen LogP contribution < -0.4 is 16.1 Å². The first kappa shape index (κ1) is 28.2. The first-order valence-corrected chi connectivity index (χ1v) is 15.8. The highest BCUT2D eigenvalue weighted by atomic mass is 32.1. The van der Waals surface area contributed by atoms with Gasteiger partial charge in [0, 0.05) is 75.0 Å². The minimum atomic E-state index is -0.0310. The number of thiophene rings is 1. The van der Waals surface area contributed by atoms with Crippen LogP contribution in [0.2, 0.25) is 0 Å². The zero-order valence-electron chi connectivity index (χ0n) is 24.1. The molecule has 1 aliphatic rings. The number of hydrogen-bond acceptors (Lipinski definition) is 7. The molecule has 2 N–H and O–H groups in total. The Morgan fingerprint density at radius 1 is 0.952 bits per heavy atom. The Kier molecular flexibility index (Phi) is 8.68. The van der Waals surface area contributed by atoms with E-state index in [0.717, 1.165) is 39.9 Å². The second kappa shape index (κ2) is 12.9. The van der Waals surface area contributed by atoms with Crippen molar-refractivity contribution in [3.8, 4) is 11.1 Å². The van der Waals surface area contributed by atoms with Gasteiger partial charge in [0.05, 0.1) is 18.6 Å². The third-order valence-corrected chi connectivity index (χ3v) is 9.21. The van der Waals surface area contributed by atoms with Crippen molar-refractivity contribution >= 4 is 60.2 Å². The van der Waals surface area contributed by atoms with Crippen LogP contribution in [0.5, 0.6) is 0 Å². The predicted molar refractivity (Wildman–Crippen MR) is 178 cm³/mol. The van der Waals surface area contributed by atoms with E-state index in [-0.39, 0.29) is 5.43 Å². The molecule has 7 heteroatoms. The van der Waals surface area contributed by atoms with Gasteiger partial charge < -0.3 is 19.8 Å². The number of anilines is 1. The van der Waals surface area contributed by atoms with Gasteiger partial charge in [-0.2, -0.15) is 0 Å². The number of fused-ring (bicyclic) bond motifs is 4. The van der Waals surface area contributed by atoms with Crippen molar-refractivity contribution < 1.29 is 9.15 Å². The molecule has 5 aromatic rings. The van der Waals surface area contributed by atoms with Crippen molar-refractivity contribution in [2.75, 3.05) is 37.7 Å². The molecule has 0 spiro atoms. The quantitative estimate of drug-likeness (QED) is 0.134. The molecule has 0 unspecified atom stereocenters. The van der Waals surface area contributed by atoms with E-state index in [1.165, 1.54) is 41.2 Å². The summed E-state index contributed by atoms with van der Waals surface area (Å²) in [5.74, 6) is 0.597. The SMILES string of the molecule is CCCCCCCN=CC(=CN)c1ccc2sc3c(-c4cccc5c(=O)cc(N6CCOCC6)oc45)cccc3c2c1. The molecule has 0 saturated carbocycles. The number of nitrogens with two attached hydrogens (primary N) is 1. The maximum Gasteiger partial charge on any atom is 0.200 e. The Morgan fingerprint density at radius 2 is 1.74 bits per heavy atom. The van der Waals surface area contributed by atoms with Gasteiger partial charge in [0.2, 0.25) is 0 Å². The lowest BCUT2D eigenvalue weighted by Crippen LogP contribution is -2.36. The minimum absolute atomic E-state index is 0.0310. The molecule has 1 fully saturated rings. The molecule has 6 nitrogen and oxygen atoms in total. The average Bonchev–Trinajstić information content (AvgIpc) is 3.41. The van der Waals surface area contributed by atoms with Crippen molar-refractivity contribution in [1.29, 1.82) is 0 Å². The number of unbranched alkanes of at least 4 members (excludes halogenated alkanes) is 4. The number of rotatable bonds is 10. The Hall–Kier alpha value is -3.94. The van der Waals surface area contributed by atoms with Gasteiger partial charge in [-0.15, -0.1) is 11.3 Å². The van der Waals surface area contributed by atoms with E-state index in [4.69, 9.17) is 14.9 Å². The third kappa shape index (κ3) is 5.72. The monoisotopic (exact) mass is 579 g/mol. The molecule has 0 aliphatic carbocycles. The molecular formula is C35H37N3O3S. The van der Waals surface area contributed by atoms with Gasteiger partial charge in [0.15, 0.2) is 11.3 Å². The van der Waals surface area contributed by atoms with Crippen molar-refractivity contribution in [3.63, 3.8) is 0 Å². The number of aliphatic imine (C=N–C) groups is 1. The highest BCUT2D eigenvalue weighted by Crippen LogP contribution is 2.42. The van der Waals surface area contributed by atoms with Crippen molar-refractivity contribution in [3.05, 3.63) is 82.7 Å². The van der Waals surface area contributed by atoms with E-state index in [0.29, 0.717) is 43.2 Å². The molecule has 2 aromatic heterocycles. The summed E-state index contributed by atoms with van der Waals surface area (Å²) in [5.41, 5.74) is 10.6. The van der Waals surface area contributed by atoms with Crippen LogP contribution in [0.25, 0.3) is 47.8 Å². The van der Waals surface area contributed by atoms with E-state index in [1.54, 1.807) is 23.6 Å². The molecule has 0 atom stereocenters. The number of morpholine rings is 1. The number of ether oxygens (including phenoxy) is 1. The summed E-state index contributed by atoms with van der Waals surface area (Å²) in [5, 5.41) is 2.94. The van der Waals surface area contributed by atoms with Crippen LogP contribution in [0.1, 0.15) is 44.6 Å². The van der Waals surface area contributed by atoms with Gasteiger partial charge in [0.25, 0.3) is 0 Å². The zero-order valence-corrected chi connectivity index (χ0v) is 24.9. The molecule has 0 bridgehead atoms. The molecule has 1 aliphatic heterocycles. The maximum atomic E-state index is 13.2. The highest BCUT2D eigenvalue weighted by molar-refractivity contribution is 7.26. The Labute approximate surface area is 250 Å². The van der Waals surface area contributed by atoms with Gasteiger partial charge >= 0.3 is 0 Å². The van der Waals surface area contributed by atoms with Crippen LogP contribution in [0, 0.1) is 0 Å². The van der Waals surface area contributed by atoms with Crippen molar-refractivity contribution in [2.24, 2.45) is 10.7 Å². The summed E-state index contributed by atoms with van der Waals surface area (Å²) in [6.45, 7) is 5.71. The van der Waals surface area contributed by atoms with Crippen molar-refractivity contribution in [1.82, 2.24) is 0 Å². The largest absolute Gasteiger partial charge is 0.440 e. The Balaban J connectivity index is 1.37. The van der Waals surface area contributed by atoms with E-state index >= 15 is 0 Å². The van der Waals surface area contributed by atoms with Gasteiger partial charge in [-0.25, -0.2) is 0 Å². The van der Waals surface area contributed by atoms with Crippen LogP contribution in [-0.4, -0.2) is 39.1 Å². The minimum Gasteiger partial charge on any atom is -0.440 e. The fourth-order valence-electron chi connectivity index (χ4n) is 5.69. The summed E-state index contributed by atoms with van der Waals surface area (Å²) in [7, 11) is 0. The number of nitrogens with zero attached hydrogens (tertiary/aromatic N) is 2. The second-order valence-corrected chi connectivity index (χ2v) is 11.8. The van der Waals surface area contributed by atoms with Crippen LogP contribution in [-0.2, 0) is 4.74 Å². The number of hydrogen-bond donors (Lipinski definition) is 1. The molecule has 0 radical (unpaired) electrons. The third-order valence-electron chi connectivity index (χ3n) is 7.99. The van der Waals surface area contributed by atoms with Crippen LogP contribution in [0.15, 0.2) is 81.1 Å². The van der Waals surface area contributed by atoms with E-state index in [1.807, 2.05) is 24.4 Å². The van der Waals surface area contributed by atoms with Gasteiger partial charge in [-0.3, -0.25) is 9.79 Å². The van der Waals surface area contributed by atoms with E-state index < -0.39 is 0 Å². The standard InChI is InChI=1S/C35H37N3O3S/c1-2-3-4-5-6-15-37-23-25(22-36)24-13-14-32-30(20-24)28-11-8-10-27(35(28)42-32)26-9-7-12-29-31(39)21-33(41-34(26)29)38-16-18-40-19-17-38/h7-14,20-23H,2-6,15-19,36H2,1H3. The number of benzene rings is 3. The molecule has 1 saturated heterocycles. The molecule has 3 heterocycles. The predicted octanol–water partition coefficient (Wildman–Crippen LogP) is 8.01. The van der Waals surface area contributed by atoms with E-state index in [2.05, 4.69) is 53.2 Å². The van der Waals surface area contributed by atoms with Crippen LogP contribution in [0.3, 0.4) is 0 Å². The molecule has 42 heavy (non-hydrogen) atoms. The van der Waals surface area contributed by atoms with Gasteiger partial charge in [0.1, 0.15) is 5.58 Å². The summed E-state index contributed by atoms with van der Waals surface area (Å²) in [6, 6.07) is 20.3. The maximum absolute atomic E-state index is 13.2. The molecule has 6 rings (SSSR count). The van der Waals surface area contributed by atoms with Crippen molar-refractivity contribution in [2.45, 2.75) is 39.0 Å². The molecule has 0 amide bonds. The average molecular weight is 580 g/mol. The van der Waals surface area contributed by atoms with Gasteiger partial charge in [-0.1, -0.05) is 69.0 Å². The summed E-state index contributed by atoms with van der Waals surface area (Å²) >= 11 is 1.76. The highest BCUT2D eigenvalue weighted by Gasteiger charge is 2.19. The summed E-state index contributed by atoms with van der Waals surface area (Å²) < 4.78 is 14.3. The topological polar surface area (TPSA) is 81.1 Å². The lowest BCUT2D eigenvalue weighted by Gasteiger charge is -2.27. The number of allylic oxidation sites excluding steroid dienone is 1. The van der Waals surface area contributed by atoms with Gasteiger partial charge in [-0.05, 0) is 30.2 Å². The Morgan fingerprint density at radius 3 is 2.55 bits per heavy atom. The molecule has 3 aromatic carbocycles. The molecular weight excluding hydrogens is 542 g/mol. The number of para-hydroxylation sites is 1.